The first-order valence-corrected chi connectivity index (χ1v) is 9.96. The zero-order chi connectivity index (χ0) is 18.4. The number of nitrogens with one attached hydrogen (secondary N) is 2. The summed E-state index contributed by atoms with van der Waals surface area (Å²) in [7, 11) is -3.74. The number of hydrogen-bond donors (Lipinski definition) is 2. The van der Waals surface area contributed by atoms with E-state index in [1.54, 1.807) is 23.6 Å². The Bertz CT molecular complexity index is 1010. The van der Waals surface area contributed by atoms with Crippen molar-refractivity contribution in [3.05, 3.63) is 83.2 Å². The number of nitrogens with zero attached hydrogens (tertiary/aromatic N) is 1. The van der Waals surface area contributed by atoms with Gasteiger partial charge in [0.1, 0.15) is 4.21 Å². The van der Waals surface area contributed by atoms with E-state index in [9.17, 15) is 13.2 Å². The van der Waals surface area contributed by atoms with E-state index in [1.165, 1.54) is 24.4 Å². The van der Waals surface area contributed by atoms with Crippen molar-refractivity contribution in [1.82, 2.24) is 5.43 Å². The van der Waals surface area contributed by atoms with Gasteiger partial charge < -0.3 is 0 Å². The maximum atomic E-state index is 12.4. The third kappa shape index (κ3) is 4.35. The summed E-state index contributed by atoms with van der Waals surface area (Å²) in [6.45, 7) is 0. The second-order valence-corrected chi connectivity index (χ2v) is 8.05. The van der Waals surface area contributed by atoms with Crippen LogP contribution >= 0.6 is 11.3 Å². The zero-order valence-electron chi connectivity index (χ0n) is 13.5. The van der Waals surface area contributed by atoms with Gasteiger partial charge in [-0.3, -0.25) is 9.52 Å². The molecule has 2 aromatic carbocycles. The number of sulfonamides is 1. The van der Waals surface area contributed by atoms with E-state index < -0.39 is 15.9 Å². The molecule has 0 unspecified atom stereocenters. The van der Waals surface area contributed by atoms with Crippen molar-refractivity contribution < 1.29 is 13.2 Å². The molecule has 0 radical (unpaired) electrons. The quantitative estimate of drug-likeness (QED) is 0.504. The van der Waals surface area contributed by atoms with Crippen LogP contribution in [-0.4, -0.2) is 20.5 Å². The van der Waals surface area contributed by atoms with Crippen LogP contribution in [0.2, 0.25) is 0 Å². The average molecular weight is 385 g/mol. The van der Waals surface area contributed by atoms with Crippen LogP contribution in [-0.2, 0) is 10.0 Å². The topological polar surface area (TPSA) is 87.6 Å². The van der Waals surface area contributed by atoms with Gasteiger partial charge in [0.15, 0.2) is 0 Å². The summed E-state index contributed by atoms with van der Waals surface area (Å²) in [6, 6.07) is 18.8. The van der Waals surface area contributed by atoms with Gasteiger partial charge in [-0.2, -0.15) is 5.10 Å². The first-order chi connectivity index (χ1) is 12.6. The van der Waals surface area contributed by atoms with E-state index in [1.807, 2.05) is 30.3 Å². The number of amides is 1. The van der Waals surface area contributed by atoms with Crippen LogP contribution in [0.15, 0.2) is 81.4 Å². The number of thiophene rings is 1. The zero-order valence-corrected chi connectivity index (χ0v) is 15.1. The summed E-state index contributed by atoms with van der Waals surface area (Å²) in [5.74, 6) is -0.512. The van der Waals surface area contributed by atoms with Crippen molar-refractivity contribution in [2.75, 3.05) is 4.72 Å². The molecule has 6 nitrogen and oxygen atoms in total. The van der Waals surface area contributed by atoms with E-state index in [2.05, 4.69) is 15.2 Å². The van der Waals surface area contributed by atoms with Crippen molar-refractivity contribution in [3.63, 3.8) is 0 Å². The molecule has 8 heteroatoms. The second-order valence-electron chi connectivity index (χ2n) is 5.19. The molecule has 1 aromatic heterocycles. The average Bonchev–Trinajstić information content (AvgIpc) is 3.18. The van der Waals surface area contributed by atoms with Gasteiger partial charge in [-0.25, -0.2) is 13.8 Å². The lowest BCUT2D eigenvalue weighted by molar-refractivity contribution is 0.0956. The molecule has 1 heterocycles. The fourth-order valence-corrected chi connectivity index (χ4v) is 4.22. The first-order valence-electron chi connectivity index (χ1n) is 7.60. The molecule has 0 spiro atoms. The number of hydrogen-bond acceptors (Lipinski definition) is 5. The lowest BCUT2D eigenvalue weighted by atomic mass is 10.2. The molecule has 0 atom stereocenters. The third-order valence-electron chi connectivity index (χ3n) is 3.36. The molecule has 3 aromatic rings. The normalized spacial score (nSPS) is 11.4. The highest BCUT2D eigenvalue weighted by Crippen LogP contribution is 2.22. The molecule has 3 rings (SSSR count). The summed E-state index contributed by atoms with van der Waals surface area (Å²) in [4.78, 5) is 12.4. The highest BCUT2D eigenvalue weighted by molar-refractivity contribution is 7.94. The molecule has 0 aliphatic heterocycles. The van der Waals surface area contributed by atoms with Gasteiger partial charge in [0.2, 0.25) is 0 Å². The molecule has 0 fully saturated rings. The molecule has 0 bridgehead atoms. The number of anilines is 1. The van der Waals surface area contributed by atoms with Crippen molar-refractivity contribution in [2.24, 2.45) is 5.10 Å². The van der Waals surface area contributed by atoms with Crippen molar-refractivity contribution in [2.45, 2.75) is 4.21 Å². The monoisotopic (exact) mass is 385 g/mol. The molecule has 0 aliphatic rings. The number of benzene rings is 2. The van der Waals surface area contributed by atoms with Crippen molar-refractivity contribution in [1.29, 1.82) is 0 Å². The van der Waals surface area contributed by atoms with E-state index in [4.69, 9.17) is 0 Å². The number of carbonyl (C=O) groups is 1. The fourth-order valence-electron chi connectivity index (χ4n) is 2.15. The van der Waals surface area contributed by atoms with E-state index in [-0.39, 0.29) is 15.5 Å². The Balaban J connectivity index is 1.76. The summed E-state index contributed by atoms with van der Waals surface area (Å²) in [6.07, 6.45) is 1.51. The SMILES string of the molecule is O=C(N/N=C\c1ccccc1)c1ccccc1NS(=O)(=O)c1cccs1. The Morgan fingerprint density at radius 1 is 0.962 bits per heavy atom. The highest BCUT2D eigenvalue weighted by atomic mass is 32.2. The highest BCUT2D eigenvalue weighted by Gasteiger charge is 2.19. The standard InChI is InChI=1S/C18H15N3O3S2/c22-18(20-19-13-14-7-2-1-3-8-14)15-9-4-5-10-16(15)21-26(23,24)17-11-6-12-25-17/h1-13,21H,(H,20,22)/b19-13-. The van der Waals surface area contributed by atoms with Gasteiger partial charge >= 0.3 is 0 Å². The molecule has 0 saturated carbocycles. The van der Waals surface area contributed by atoms with E-state index >= 15 is 0 Å². The van der Waals surface area contributed by atoms with Crippen LogP contribution in [0.1, 0.15) is 15.9 Å². The summed E-state index contributed by atoms with van der Waals surface area (Å²) in [5, 5.41) is 5.58. The molecular formula is C18H15N3O3S2. The van der Waals surface area contributed by atoms with Crippen molar-refractivity contribution >= 4 is 39.2 Å². The molecule has 0 saturated heterocycles. The van der Waals surface area contributed by atoms with Crippen LogP contribution in [0.4, 0.5) is 5.69 Å². The molecular weight excluding hydrogens is 370 g/mol. The predicted molar refractivity (Wildman–Crippen MR) is 103 cm³/mol. The number of hydrazone groups is 1. The van der Waals surface area contributed by atoms with Gasteiger partial charge in [0.05, 0.1) is 17.5 Å². The molecule has 2 N–H and O–H groups in total. The Morgan fingerprint density at radius 3 is 2.42 bits per heavy atom. The number of carbonyl (C=O) groups excluding carboxylic acids is 1. The maximum absolute atomic E-state index is 12.4. The largest absolute Gasteiger partial charge is 0.278 e. The number of para-hydroxylation sites is 1. The van der Waals surface area contributed by atoms with E-state index in [0.29, 0.717) is 0 Å². The smallest absolute Gasteiger partial charge is 0.273 e. The Morgan fingerprint density at radius 2 is 1.69 bits per heavy atom. The second kappa shape index (κ2) is 7.94. The lowest BCUT2D eigenvalue weighted by Crippen LogP contribution is -2.21. The van der Waals surface area contributed by atoms with Gasteiger partial charge in [0, 0.05) is 0 Å². The van der Waals surface area contributed by atoms with E-state index in [0.717, 1.165) is 16.9 Å². The predicted octanol–water partition coefficient (Wildman–Crippen LogP) is 3.31. The summed E-state index contributed by atoms with van der Waals surface area (Å²) in [5.41, 5.74) is 3.61. The number of rotatable bonds is 6. The summed E-state index contributed by atoms with van der Waals surface area (Å²) >= 11 is 1.10. The Labute approximate surface area is 155 Å². The summed E-state index contributed by atoms with van der Waals surface area (Å²) < 4.78 is 27.4. The first kappa shape index (κ1) is 17.8. The fraction of sp³-hybridized carbons (Fsp3) is 0. The van der Waals surface area contributed by atoms with Crippen LogP contribution in [0, 0.1) is 0 Å². The van der Waals surface area contributed by atoms with Gasteiger partial charge in [-0.15, -0.1) is 11.3 Å². The van der Waals surface area contributed by atoms with Gasteiger partial charge in [0.25, 0.3) is 15.9 Å². The minimum atomic E-state index is -3.74. The maximum Gasteiger partial charge on any atom is 0.273 e. The van der Waals surface area contributed by atoms with Gasteiger partial charge in [-0.05, 0) is 29.1 Å². The Kier molecular flexibility index (Phi) is 5.45. The van der Waals surface area contributed by atoms with Crippen LogP contribution in [0.3, 0.4) is 0 Å². The van der Waals surface area contributed by atoms with Crippen LogP contribution in [0.5, 0.6) is 0 Å². The van der Waals surface area contributed by atoms with Gasteiger partial charge in [-0.1, -0.05) is 48.5 Å². The molecule has 26 heavy (non-hydrogen) atoms. The molecule has 1 amide bonds. The van der Waals surface area contributed by atoms with Crippen LogP contribution in [0.25, 0.3) is 0 Å². The minimum absolute atomic E-state index is 0.176. The molecule has 132 valence electrons. The Hall–Kier alpha value is -2.97. The third-order valence-corrected chi connectivity index (χ3v) is 6.12. The van der Waals surface area contributed by atoms with Crippen molar-refractivity contribution in [3.8, 4) is 0 Å². The van der Waals surface area contributed by atoms with Crippen LogP contribution < -0.4 is 10.1 Å². The lowest BCUT2D eigenvalue weighted by Gasteiger charge is -2.10. The molecule has 0 aliphatic carbocycles. The minimum Gasteiger partial charge on any atom is -0.278 e.